The smallest absolute Gasteiger partial charge is 0.352 e. The summed E-state index contributed by atoms with van der Waals surface area (Å²) in [4.78, 5) is 9.00. The van der Waals surface area contributed by atoms with Gasteiger partial charge in [0.1, 0.15) is 0 Å². The number of amides is 2. The zero-order valence-corrected chi connectivity index (χ0v) is 8.49. The second-order valence-corrected chi connectivity index (χ2v) is 3.34. The average Bonchev–Trinajstić information content (AvgIpc) is 2.70. The molecule has 2 rings (SSSR count). The van der Waals surface area contributed by atoms with Crippen molar-refractivity contribution >= 4 is 6.03 Å². The van der Waals surface area contributed by atoms with Crippen LogP contribution in [0, 0.1) is 0 Å². The van der Waals surface area contributed by atoms with Gasteiger partial charge in [-0.15, -0.1) is 0 Å². The summed E-state index contributed by atoms with van der Waals surface area (Å²) in [6, 6.07) is 0.774. The van der Waals surface area contributed by atoms with E-state index in [1.165, 1.54) is 0 Å². The lowest BCUT2D eigenvalue weighted by molar-refractivity contribution is -0.161. The van der Waals surface area contributed by atoms with Crippen LogP contribution in [0.4, 0.5) is 31.1 Å². The third-order valence-electron chi connectivity index (χ3n) is 1.95. The highest BCUT2D eigenvalue weighted by atomic mass is 19.4. The highest BCUT2D eigenvalue weighted by molar-refractivity contribution is 5.87. The zero-order valence-electron chi connectivity index (χ0n) is 8.49. The molecule has 9 heteroatoms. The van der Waals surface area contributed by atoms with Crippen molar-refractivity contribution in [3.8, 4) is 11.1 Å². The Kier molecular flexibility index (Phi) is 3.20. The molecular formula is C9H6F6N2O. The third-order valence-corrected chi connectivity index (χ3v) is 1.95. The van der Waals surface area contributed by atoms with E-state index in [0.717, 1.165) is 6.07 Å². The van der Waals surface area contributed by atoms with E-state index in [1.807, 2.05) is 0 Å². The van der Waals surface area contributed by atoms with E-state index < -0.39 is 29.5 Å². The minimum Gasteiger partial charge on any atom is -0.352 e. The van der Waals surface area contributed by atoms with Crippen molar-refractivity contribution in [2.24, 2.45) is 11.5 Å². The van der Waals surface area contributed by atoms with E-state index in [2.05, 4.69) is 11.5 Å². The van der Waals surface area contributed by atoms with Crippen LogP contribution < -0.4 is 11.5 Å². The van der Waals surface area contributed by atoms with Crippen LogP contribution in [0.3, 0.4) is 0 Å². The molecule has 2 amide bonds. The van der Waals surface area contributed by atoms with Gasteiger partial charge in [0.25, 0.3) is 0 Å². The van der Waals surface area contributed by atoms with Crippen molar-refractivity contribution < 1.29 is 31.1 Å². The van der Waals surface area contributed by atoms with E-state index >= 15 is 0 Å². The van der Waals surface area contributed by atoms with Crippen LogP contribution in [-0.2, 0) is 12.4 Å². The number of alkyl halides is 6. The molecular weight excluding hydrogens is 266 g/mol. The van der Waals surface area contributed by atoms with Gasteiger partial charge < -0.3 is 11.5 Å². The Morgan fingerprint density at radius 2 is 1.39 bits per heavy atom. The predicted octanol–water partition coefficient (Wildman–Crippen LogP) is 2.73. The zero-order chi connectivity index (χ0) is 14.3. The maximum Gasteiger partial charge on any atom is 0.417 e. The van der Waals surface area contributed by atoms with Crippen LogP contribution in [0.25, 0.3) is 11.1 Å². The Balaban J connectivity index is 0.000000357. The molecule has 4 N–H and O–H groups in total. The third kappa shape index (κ3) is 3.05. The molecule has 2 aliphatic carbocycles. The molecule has 100 valence electrons. The van der Waals surface area contributed by atoms with E-state index in [4.69, 9.17) is 4.79 Å². The van der Waals surface area contributed by atoms with Gasteiger partial charge in [0.15, 0.2) is 0 Å². The van der Waals surface area contributed by atoms with Gasteiger partial charge in [-0.25, -0.2) is 4.79 Å². The lowest BCUT2D eigenvalue weighted by atomic mass is 10.1. The first-order valence-corrected chi connectivity index (χ1v) is 4.32. The molecule has 0 bridgehead atoms. The molecule has 0 saturated heterocycles. The second-order valence-electron chi connectivity index (χ2n) is 3.34. The number of hydrogen-bond acceptors (Lipinski definition) is 1. The van der Waals surface area contributed by atoms with Gasteiger partial charge in [-0.3, -0.25) is 0 Å². The fourth-order valence-corrected chi connectivity index (χ4v) is 1.36. The summed E-state index contributed by atoms with van der Waals surface area (Å²) in [5.41, 5.74) is 5.06. The Bertz CT molecular complexity index is 487. The summed E-state index contributed by atoms with van der Waals surface area (Å²) in [5.74, 6) is 0. The molecule has 0 radical (unpaired) electrons. The van der Waals surface area contributed by atoms with E-state index in [1.54, 1.807) is 0 Å². The van der Waals surface area contributed by atoms with Gasteiger partial charge >= 0.3 is 18.4 Å². The maximum absolute atomic E-state index is 12.2. The van der Waals surface area contributed by atoms with Crippen molar-refractivity contribution in [3.63, 3.8) is 0 Å². The topological polar surface area (TPSA) is 69.1 Å². The summed E-state index contributed by atoms with van der Waals surface area (Å²) >= 11 is 0. The van der Waals surface area contributed by atoms with Gasteiger partial charge in [-0.1, -0.05) is 0 Å². The van der Waals surface area contributed by atoms with E-state index in [-0.39, 0.29) is 11.1 Å². The first kappa shape index (κ1) is 14.1. The highest BCUT2D eigenvalue weighted by Crippen LogP contribution is 2.53. The molecule has 0 fully saturated rings. The quantitative estimate of drug-likeness (QED) is 0.711. The van der Waals surface area contributed by atoms with Gasteiger partial charge in [-0.05, 0) is 23.3 Å². The molecule has 0 atom stereocenters. The fourth-order valence-electron chi connectivity index (χ4n) is 1.36. The molecule has 0 heterocycles. The molecule has 0 saturated carbocycles. The van der Waals surface area contributed by atoms with Crippen LogP contribution >= 0.6 is 0 Å². The summed E-state index contributed by atoms with van der Waals surface area (Å²) in [6.07, 6.45) is -9.88. The number of hydrogen-bond donors (Lipinski definition) is 2. The molecule has 18 heavy (non-hydrogen) atoms. The number of fused-ring (bicyclic) bond motifs is 1. The molecule has 2 aliphatic rings. The standard InChI is InChI=1S/C8H2F6.CH4N2O/c9-7(10,11)5-2-3-1-4(3)6(5)8(12,13)14;2-1(3)4/h1-2H;(H4,2,3,4). The van der Waals surface area contributed by atoms with Crippen LogP contribution in [0.1, 0.15) is 11.1 Å². The van der Waals surface area contributed by atoms with Crippen molar-refractivity contribution in [1.82, 2.24) is 0 Å². The van der Waals surface area contributed by atoms with Gasteiger partial charge in [-0.2, -0.15) is 26.3 Å². The Labute approximate surface area is 96.4 Å². The number of urea groups is 1. The SMILES string of the molecule is FC(F)(F)c1cc2cc-2c1C(F)(F)F.NC(N)=O. The first-order valence-electron chi connectivity index (χ1n) is 4.32. The van der Waals surface area contributed by atoms with E-state index in [0.29, 0.717) is 6.07 Å². The summed E-state index contributed by atoms with van der Waals surface area (Å²) in [5, 5.41) is 0. The largest absolute Gasteiger partial charge is 0.417 e. The highest BCUT2D eigenvalue weighted by Gasteiger charge is 2.48. The lowest BCUT2D eigenvalue weighted by Gasteiger charge is -2.11. The van der Waals surface area contributed by atoms with Gasteiger partial charge in [0.2, 0.25) is 0 Å². The van der Waals surface area contributed by atoms with Crippen LogP contribution in [-0.4, -0.2) is 6.03 Å². The van der Waals surface area contributed by atoms with Crippen molar-refractivity contribution in [3.05, 3.63) is 23.3 Å². The minimum atomic E-state index is -4.94. The Hall–Kier alpha value is -1.93. The molecule has 3 nitrogen and oxygen atoms in total. The van der Waals surface area contributed by atoms with Crippen LogP contribution in [0.15, 0.2) is 12.1 Å². The summed E-state index contributed by atoms with van der Waals surface area (Å²) < 4.78 is 72.9. The number of nitrogens with two attached hydrogens (primary N) is 2. The number of rotatable bonds is 0. The van der Waals surface area contributed by atoms with Crippen LogP contribution in [0.5, 0.6) is 0 Å². The van der Waals surface area contributed by atoms with E-state index in [9.17, 15) is 26.3 Å². The van der Waals surface area contributed by atoms with Crippen molar-refractivity contribution in [2.75, 3.05) is 0 Å². The predicted molar refractivity (Wildman–Crippen MR) is 49.2 cm³/mol. The monoisotopic (exact) mass is 272 g/mol. The number of halogens is 6. The lowest BCUT2D eigenvalue weighted by Crippen LogP contribution is -2.18. The van der Waals surface area contributed by atoms with Crippen molar-refractivity contribution in [2.45, 2.75) is 12.4 Å². The van der Waals surface area contributed by atoms with Gasteiger partial charge in [0.05, 0.1) is 11.1 Å². The summed E-state index contributed by atoms with van der Waals surface area (Å²) in [6.45, 7) is 0. The number of carbonyl (C=O) groups excluding carboxylic acids is 1. The number of benzene rings is 1. The van der Waals surface area contributed by atoms with Crippen LogP contribution in [0.2, 0.25) is 0 Å². The normalized spacial score (nSPS) is 12.6. The molecule has 0 aromatic carbocycles. The number of primary amides is 2. The Morgan fingerprint density at radius 1 is 0.944 bits per heavy atom. The van der Waals surface area contributed by atoms with Crippen molar-refractivity contribution in [1.29, 1.82) is 0 Å². The molecule has 0 spiro atoms. The molecule has 0 unspecified atom stereocenters. The summed E-state index contributed by atoms with van der Waals surface area (Å²) in [7, 11) is 0. The maximum atomic E-state index is 12.2. The molecule has 0 aliphatic heterocycles. The molecule has 0 aromatic rings. The Morgan fingerprint density at radius 3 is 1.67 bits per heavy atom. The van der Waals surface area contributed by atoms with Gasteiger partial charge in [0, 0.05) is 0 Å². The second kappa shape index (κ2) is 4.07. The molecule has 0 aromatic heterocycles. The number of carbonyl (C=O) groups is 1. The minimum absolute atomic E-state index is 0.0321. The first-order chi connectivity index (χ1) is 7.94. The fraction of sp³-hybridized carbons (Fsp3) is 0.222. The average molecular weight is 272 g/mol.